The standard InChI is InChI=1S/C64H74N4O5P/c1-5-53(65-59(49-33-17-9-18-34-49)61(51-37-21-11-22-38-51)67(63(65)69)55-43-27-13-28-44-55)41-25-15-31-47-57(7-3)72-74(71)73-58(8-4)48-32-16-26-42-54(6-2)66-60(50-35-19-10-20-36-50)62(52-39-23-12-24-40-52)68(64(66)70)56-45-29-14-30-46-56/h9-14,17-24,27-30,33-40,43-46,53-54,57-58H,5-8,15-16,25-26,31-32,41-42,47-48H2,1-4H3/q+1. The van der Waals surface area contributed by atoms with Gasteiger partial charge in [-0.2, -0.15) is 0 Å². The second kappa shape index (κ2) is 27.1. The van der Waals surface area contributed by atoms with E-state index >= 15 is 0 Å². The minimum Gasteiger partial charge on any atom is -0.288 e. The van der Waals surface area contributed by atoms with Crippen LogP contribution < -0.4 is 11.4 Å². The molecule has 0 saturated heterocycles. The van der Waals surface area contributed by atoms with Gasteiger partial charge in [0.2, 0.25) is 0 Å². The van der Waals surface area contributed by atoms with Gasteiger partial charge in [0.25, 0.3) is 0 Å². The summed E-state index contributed by atoms with van der Waals surface area (Å²) in [5.74, 6) is 0. The first-order chi connectivity index (χ1) is 36.4. The van der Waals surface area contributed by atoms with Crippen molar-refractivity contribution in [3.05, 3.63) is 203 Å². The number of hydrogen-bond acceptors (Lipinski definition) is 5. The van der Waals surface area contributed by atoms with E-state index in [9.17, 15) is 14.2 Å². The Kier molecular flexibility index (Phi) is 19.6. The summed E-state index contributed by atoms with van der Waals surface area (Å²) in [5, 5.41) is 0. The molecule has 2 aromatic heterocycles. The van der Waals surface area contributed by atoms with Gasteiger partial charge in [-0.3, -0.25) is 18.3 Å². The molecule has 0 fully saturated rings. The third-order valence-electron chi connectivity index (χ3n) is 14.6. The highest BCUT2D eigenvalue weighted by Gasteiger charge is 2.32. The predicted molar refractivity (Wildman–Crippen MR) is 305 cm³/mol. The van der Waals surface area contributed by atoms with Crippen LogP contribution in [-0.2, 0) is 13.6 Å². The van der Waals surface area contributed by atoms with Gasteiger partial charge >= 0.3 is 19.6 Å². The summed E-state index contributed by atoms with van der Waals surface area (Å²) in [4.78, 5) is 29.5. The van der Waals surface area contributed by atoms with Gasteiger partial charge in [0.05, 0.1) is 34.2 Å². The van der Waals surface area contributed by atoms with Crippen molar-refractivity contribution in [2.45, 2.75) is 142 Å². The molecule has 4 unspecified atom stereocenters. The van der Waals surface area contributed by atoms with Crippen LogP contribution >= 0.6 is 8.25 Å². The van der Waals surface area contributed by atoms with Crippen LogP contribution in [0, 0.1) is 0 Å². The normalized spacial score (nSPS) is 13.4. The minimum absolute atomic E-state index is 0.00299. The number of nitrogens with zero attached hydrogens (tertiary/aromatic N) is 4. The minimum atomic E-state index is -2.28. The first kappa shape index (κ1) is 53.6. The van der Waals surface area contributed by atoms with Crippen LogP contribution in [0.4, 0.5) is 0 Å². The van der Waals surface area contributed by atoms with Gasteiger partial charge in [0, 0.05) is 38.9 Å². The first-order valence-corrected chi connectivity index (χ1v) is 28.3. The van der Waals surface area contributed by atoms with Crippen molar-refractivity contribution in [3.8, 4) is 56.4 Å². The molecule has 10 heteroatoms. The summed E-state index contributed by atoms with van der Waals surface area (Å²) in [5.41, 5.74) is 9.35. The van der Waals surface area contributed by atoms with Gasteiger partial charge in [0.1, 0.15) is 12.2 Å². The third-order valence-corrected chi connectivity index (χ3v) is 15.5. The fraction of sp³-hybridized carbons (Fsp3) is 0.344. The summed E-state index contributed by atoms with van der Waals surface area (Å²) in [6.07, 6.45) is 11.8. The molecular weight excluding hydrogens is 936 g/mol. The number of rotatable bonds is 28. The molecule has 8 aromatic rings. The van der Waals surface area contributed by atoms with Crippen LogP contribution in [0.25, 0.3) is 56.4 Å². The zero-order valence-electron chi connectivity index (χ0n) is 43.8. The highest BCUT2D eigenvalue weighted by Crippen LogP contribution is 2.40. The maximum atomic E-state index is 14.8. The summed E-state index contributed by atoms with van der Waals surface area (Å²) >= 11 is 0. The molecule has 0 aliphatic rings. The Morgan fingerprint density at radius 3 is 0.946 bits per heavy atom. The van der Waals surface area contributed by atoms with Crippen molar-refractivity contribution >= 4 is 8.25 Å². The summed E-state index contributed by atoms with van der Waals surface area (Å²) in [7, 11) is -2.28. The quantitative estimate of drug-likeness (QED) is 0.0360. The molecule has 0 saturated carbocycles. The van der Waals surface area contributed by atoms with Gasteiger partial charge in [-0.25, -0.2) is 9.59 Å². The smallest absolute Gasteiger partial charge is 0.288 e. The van der Waals surface area contributed by atoms with Crippen molar-refractivity contribution in [3.63, 3.8) is 0 Å². The zero-order chi connectivity index (χ0) is 51.7. The molecule has 8 rings (SSSR count). The predicted octanol–water partition coefficient (Wildman–Crippen LogP) is 17.0. The maximum Gasteiger partial charge on any atom is 0.697 e. The van der Waals surface area contributed by atoms with E-state index in [0.29, 0.717) is 0 Å². The van der Waals surface area contributed by atoms with Crippen molar-refractivity contribution in [2.24, 2.45) is 0 Å². The van der Waals surface area contributed by atoms with E-state index in [1.165, 1.54) is 0 Å². The molecule has 0 N–H and O–H groups in total. The number of para-hydroxylation sites is 2. The lowest BCUT2D eigenvalue weighted by Crippen LogP contribution is -2.27. The Bertz CT molecular complexity index is 2870. The lowest BCUT2D eigenvalue weighted by Gasteiger charge is -2.20. The Hall–Kier alpha value is -6.64. The van der Waals surface area contributed by atoms with Crippen LogP contribution in [-0.4, -0.2) is 30.5 Å². The molecule has 2 heterocycles. The van der Waals surface area contributed by atoms with Crippen molar-refractivity contribution in [1.29, 1.82) is 0 Å². The number of aromatic nitrogens is 4. The number of unbranched alkanes of at least 4 members (excludes halogenated alkanes) is 4. The number of hydrogen-bond donors (Lipinski definition) is 0. The van der Waals surface area contributed by atoms with Gasteiger partial charge in [-0.05, 0) is 75.6 Å². The van der Waals surface area contributed by atoms with Crippen LogP contribution in [0.3, 0.4) is 0 Å². The fourth-order valence-corrected chi connectivity index (χ4v) is 11.7. The van der Waals surface area contributed by atoms with Crippen molar-refractivity contribution in [2.75, 3.05) is 0 Å². The second-order valence-corrected chi connectivity index (χ2v) is 20.3. The Balaban J connectivity index is 0.851. The summed E-state index contributed by atoms with van der Waals surface area (Å²) in [6, 6.07) is 61.0. The Morgan fingerprint density at radius 2 is 0.649 bits per heavy atom. The van der Waals surface area contributed by atoms with E-state index in [-0.39, 0.29) is 35.7 Å². The van der Waals surface area contributed by atoms with Crippen LogP contribution in [0.5, 0.6) is 0 Å². The highest BCUT2D eigenvalue weighted by atomic mass is 31.1. The highest BCUT2D eigenvalue weighted by molar-refractivity contribution is 7.33. The molecule has 4 atom stereocenters. The summed E-state index contributed by atoms with van der Waals surface area (Å²) in [6.45, 7) is 8.51. The van der Waals surface area contributed by atoms with Gasteiger partial charge in [-0.15, -0.1) is 9.05 Å². The van der Waals surface area contributed by atoms with E-state index in [1.54, 1.807) is 0 Å². The SMILES string of the molecule is CCC(CCCCCC(CC)n1c(-c2ccccc2)c(-c2ccccc2)n(-c2ccccc2)c1=O)O[P+](=O)OC(CC)CCCCCC(CC)n1c(-c2ccccc2)c(-c2ccccc2)n(-c2ccccc2)c1=O. The molecule has 0 amide bonds. The van der Waals surface area contributed by atoms with Gasteiger partial charge < -0.3 is 0 Å². The average molecular weight is 1010 g/mol. The molecule has 0 radical (unpaired) electrons. The molecule has 9 nitrogen and oxygen atoms in total. The maximum absolute atomic E-state index is 14.8. The largest absolute Gasteiger partial charge is 0.697 e. The van der Waals surface area contributed by atoms with E-state index in [0.717, 1.165) is 146 Å². The molecule has 74 heavy (non-hydrogen) atoms. The Morgan fingerprint density at radius 1 is 0.365 bits per heavy atom. The lowest BCUT2D eigenvalue weighted by molar-refractivity contribution is 0.113. The molecular formula is C64H74N4O5P+. The monoisotopic (exact) mass is 1010 g/mol. The first-order valence-electron chi connectivity index (χ1n) is 27.2. The zero-order valence-corrected chi connectivity index (χ0v) is 44.7. The van der Waals surface area contributed by atoms with Gasteiger partial charge in [-0.1, -0.05) is 224 Å². The lowest BCUT2D eigenvalue weighted by atomic mass is 10.0. The van der Waals surface area contributed by atoms with E-state index in [4.69, 9.17) is 9.05 Å². The van der Waals surface area contributed by atoms with E-state index in [1.807, 2.05) is 152 Å². The number of benzene rings is 6. The molecule has 0 aliphatic carbocycles. The van der Waals surface area contributed by atoms with Crippen LogP contribution in [0.1, 0.15) is 130 Å². The average Bonchev–Trinajstić information content (AvgIpc) is 3.93. The molecule has 0 bridgehead atoms. The Labute approximate surface area is 439 Å². The van der Waals surface area contributed by atoms with Gasteiger partial charge in [0.15, 0.2) is 0 Å². The second-order valence-electron chi connectivity index (χ2n) is 19.4. The van der Waals surface area contributed by atoms with Crippen molar-refractivity contribution < 1.29 is 13.6 Å². The van der Waals surface area contributed by atoms with Crippen LogP contribution in [0.15, 0.2) is 192 Å². The molecule has 0 spiro atoms. The fourth-order valence-electron chi connectivity index (χ4n) is 10.6. The van der Waals surface area contributed by atoms with E-state index < -0.39 is 8.25 Å². The van der Waals surface area contributed by atoms with Crippen LogP contribution in [0.2, 0.25) is 0 Å². The summed E-state index contributed by atoms with van der Waals surface area (Å²) < 4.78 is 33.5. The molecule has 6 aromatic carbocycles. The molecule has 384 valence electrons. The van der Waals surface area contributed by atoms with Crippen molar-refractivity contribution in [1.82, 2.24) is 18.3 Å². The molecule has 0 aliphatic heterocycles. The number of imidazole rings is 2. The third kappa shape index (κ3) is 12.8. The van der Waals surface area contributed by atoms with E-state index in [2.05, 4.69) is 76.2 Å². The topological polar surface area (TPSA) is 89.4 Å².